The number of halogens is 1. The molecule has 7 heteroatoms. The highest BCUT2D eigenvalue weighted by Gasteiger charge is 2.13. The third-order valence-corrected chi connectivity index (χ3v) is 5.80. The minimum absolute atomic E-state index is 0.278. The van der Waals surface area contributed by atoms with Gasteiger partial charge in [-0.2, -0.15) is 9.61 Å². The van der Waals surface area contributed by atoms with Crippen LogP contribution in [0.25, 0.3) is 28.2 Å². The summed E-state index contributed by atoms with van der Waals surface area (Å²) in [6, 6.07) is 26.2. The number of benzene rings is 3. The van der Waals surface area contributed by atoms with Crippen LogP contribution in [-0.2, 0) is 6.42 Å². The van der Waals surface area contributed by atoms with E-state index >= 15 is 0 Å². The van der Waals surface area contributed by atoms with Crippen LogP contribution in [0.15, 0.2) is 84.9 Å². The highest BCUT2D eigenvalue weighted by Crippen LogP contribution is 2.28. The summed E-state index contributed by atoms with van der Waals surface area (Å²) in [5.41, 5.74) is 5.25. The van der Waals surface area contributed by atoms with E-state index in [0.717, 1.165) is 40.3 Å². The molecule has 5 aromatic rings. The van der Waals surface area contributed by atoms with E-state index in [-0.39, 0.29) is 5.82 Å². The Morgan fingerprint density at radius 1 is 0.800 bits per heavy atom. The maximum Gasteiger partial charge on any atom is 0.160 e. The zero-order valence-electron chi connectivity index (χ0n) is 19.5. The fourth-order valence-electron chi connectivity index (χ4n) is 3.99. The molecule has 0 radical (unpaired) electrons. The van der Waals surface area contributed by atoms with Crippen LogP contribution >= 0.6 is 0 Å². The van der Waals surface area contributed by atoms with E-state index < -0.39 is 0 Å². The Hall–Kier alpha value is -4.39. The Balaban J connectivity index is 1.47. The lowest BCUT2D eigenvalue weighted by molar-refractivity contribution is 0.354. The SMILES string of the molecule is COc1ccc(CCNc2cc(-c3ccccc3)nc3cc(-c4ccc(F)cc4)nn23)cc1OC. The number of ether oxygens (including phenoxy) is 2. The lowest BCUT2D eigenvalue weighted by atomic mass is 10.1. The molecule has 3 aromatic carbocycles. The minimum atomic E-state index is -0.278. The van der Waals surface area contributed by atoms with Crippen LogP contribution in [-0.4, -0.2) is 35.4 Å². The molecule has 0 amide bonds. The summed E-state index contributed by atoms with van der Waals surface area (Å²) in [7, 11) is 3.26. The quantitative estimate of drug-likeness (QED) is 0.308. The second kappa shape index (κ2) is 9.85. The maximum absolute atomic E-state index is 13.4. The molecule has 2 aromatic heterocycles. The lowest BCUT2D eigenvalue weighted by Gasteiger charge is -2.12. The van der Waals surface area contributed by atoms with Gasteiger partial charge in [-0.25, -0.2) is 9.37 Å². The molecule has 0 saturated heterocycles. The van der Waals surface area contributed by atoms with Crippen molar-refractivity contribution in [1.29, 1.82) is 0 Å². The van der Waals surface area contributed by atoms with Gasteiger partial charge in [0, 0.05) is 29.8 Å². The third-order valence-electron chi connectivity index (χ3n) is 5.80. The van der Waals surface area contributed by atoms with Gasteiger partial charge in [0.1, 0.15) is 11.6 Å². The summed E-state index contributed by atoms with van der Waals surface area (Å²) in [5, 5.41) is 8.27. The van der Waals surface area contributed by atoms with E-state index in [0.29, 0.717) is 23.7 Å². The molecule has 0 fully saturated rings. The van der Waals surface area contributed by atoms with Crippen molar-refractivity contribution in [2.45, 2.75) is 6.42 Å². The average molecular weight is 469 g/mol. The van der Waals surface area contributed by atoms with Crippen LogP contribution in [0.1, 0.15) is 5.56 Å². The summed E-state index contributed by atoms with van der Waals surface area (Å²) < 4.78 is 26.0. The monoisotopic (exact) mass is 468 g/mol. The van der Waals surface area contributed by atoms with E-state index in [9.17, 15) is 4.39 Å². The first kappa shape index (κ1) is 22.4. The van der Waals surface area contributed by atoms with Gasteiger partial charge >= 0.3 is 0 Å². The molecule has 0 saturated carbocycles. The molecule has 0 aliphatic heterocycles. The number of rotatable bonds is 8. The Kier molecular flexibility index (Phi) is 6.30. The molecule has 5 rings (SSSR count). The van der Waals surface area contributed by atoms with Gasteiger partial charge in [0.25, 0.3) is 0 Å². The molecule has 0 aliphatic carbocycles. The largest absolute Gasteiger partial charge is 0.493 e. The zero-order valence-corrected chi connectivity index (χ0v) is 19.5. The van der Waals surface area contributed by atoms with Gasteiger partial charge in [0.05, 0.1) is 25.6 Å². The van der Waals surface area contributed by atoms with Gasteiger partial charge in [-0.15, -0.1) is 0 Å². The van der Waals surface area contributed by atoms with Gasteiger partial charge in [0.15, 0.2) is 17.1 Å². The molecule has 0 aliphatic rings. The first-order valence-corrected chi connectivity index (χ1v) is 11.3. The molecule has 0 bridgehead atoms. The minimum Gasteiger partial charge on any atom is -0.493 e. The highest BCUT2D eigenvalue weighted by molar-refractivity contribution is 5.70. The second-order valence-electron chi connectivity index (χ2n) is 8.07. The van der Waals surface area contributed by atoms with Crippen LogP contribution in [0, 0.1) is 5.82 Å². The van der Waals surface area contributed by atoms with Crippen LogP contribution in [0.4, 0.5) is 10.2 Å². The number of fused-ring (bicyclic) bond motifs is 1. The Morgan fingerprint density at radius 3 is 2.29 bits per heavy atom. The van der Waals surface area contributed by atoms with Crippen molar-refractivity contribution >= 4 is 11.5 Å². The van der Waals surface area contributed by atoms with Crippen molar-refractivity contribution < 1.29 is 13.9 Å². The normalized spacial score (nSPS) is 10.9. The van der Waals surface area contributed by atoms with E-state index in [4.69, 9.17) is 19.6 Å². The zero-order chi connectivity index (χ0) is 24.2. The van der Waals surface area contributed by atoms with Gasteiger partial charge in [-0.05, 0) is 48.4 Å². The fraction of sp³-hybridized carbons (Fsp3) is 0.143. The molecular weight excluding hydrogens is 443 g/mol. The van der Waals surface area contributed by atoms with Crippen molar-refractivity contribution in [2.75, 3.05) is 26.1 Å². The van der Waals surface area contributed by atoms with Gasteiger partial charge < -0.3 is 14.8 Å². The number of nitrogens with zero attached hydrogens (tertiary/aromatic N) is 3. The van der Waals surface area contributed by atoms with Crippen LogP contribution in [0.5, 0.6) is 11.5 Å². The smallest absolute Gasteiger partial charge is 0.160 e. The van der Waals surface area contributed by atoms with E-state index in [1.54, 1.807) is 30.9 Å². The van der Waals surface area contributed by atoms with Crippen molar-refractivity contribution in [1.82, 2.24) is 14.6 Å². The van der Waals surface area contributed by atoms with Gasteiger partial charge in [0.2, 0.25) is 0 Å². The standard InChI is InChI=1S/C28H25FN4O2/c1-34-25-13-8-19(16-26(25)35-2)14-15-30-27-17-23(20-6-4-3-5-7-20)31-28-18-24(32-33(27)28)21-9-11-22(29)12-10-21/h3-13,16-18,30H,14-15H2,1-2H3. The van der Waals surface area contributed by atoms with Gasteiger partial charge in [-0.3, -0.25) is 0 Å². The number of nitrogens with one attached hydrogen (secondary N) is 1. The molecule has 0 spiro atoms. The number of hydrogen-bond acceptors (Lipinski definition) is 5. The molecule has 6 nitrogen and oxygen atoms in total. The lowest BCUT2D eigenvalue weighted by Crippen LogP contribution is -2.10. The maximum atomic E-state index is 13.4. The summed E-state index contributed by atoms with van der Waals surface area (Å²) >= 11 is 0. The first-order chi connectivity index (χ1) is 17.1. The predicted octanol–water partition coefficient (Wildman–Crippen LogP) is 5.87. The number of anilines is 1. The van der Waals surface area contributed by atoms with Gasteiger partial charge in [-0.1, -0.05) is 36.4 Å². The Labute approximate surface area is 203 Å². The van der Waals surface area contributed by atoms with Crippen LogP contribution < -0.4 is 14.8 Å². The van der Waals surface area contributed by atoms with Crippen molar-refractivity contribution in [3.8, 4) is 34.0 Å². The summed E-state index contributed by atoms with van der Waals surface area (Å²) in [6.07, 6.45) is 0.775. The third kappa shape index (κ3) is 4.80. The predicted molar refractivity (Wildman–Crippen MR) is 136 cm³/mol. The van der Waals surface area contributed by atoms with E-state index in [2.05, 4.69) is 5.32 Å². The Bertz CT molecular complexity index is 1450. The molecular formula is C28H25FN4O2. The highest BCUT2D eigenvalue weighted by atomic mass is 19.1. The molecule has 0 atom stereocenters. The molecule has 0 unspecified atom stereocenters. The molecule has 2 heterocycles. The molecule has 1 N–H and O–H groups in total. The van der Waals surface area contributed by atoms with E-state index in [1.165, 1.54) is 12.1 Å². The number of methoxy groups -OCH3 is 2. The fourth-order valence-corrected chi connectivity index (χ4v) is 3.99. The summed E-state index contributed by atoms with van der Waals surface area (Å²) in [4.78, 5) is 4.83. The Morgan fingerprint density at radius 2 is 1.54 bits per heavy atom. The second-order valence-corrected chi connectivity index (χ2v) is 8.07. The summed E-state index contributed by atoms with van der Waals surface area (Å²) in [6.45, 7) is 0.675. The first-order valence-electron chi connectivity index (χ1n) is 11.3. The van der Waals surface area contributed by atoms with Crippen molar-refractivity contribution in [3.63, 3.8) is 0 Å². The topological polar surface area (TPSA) is 60.7 Å². The van der Waals surface area contributed by atoms with Crippen molar-refractivity contribution in [3.05, 3.63) is 96.3 Å². The number of aromatic nitrogens is 3. The van der Waals surface area contributed by atoms with Crippen LogP contribution in [0.3, 0.4) is 0 Å². The van der Waals surface area contributed by atoms with Crippen molar-refractivity contribution in [2.24, 2.45) is 0 Å². The van der Waals surface area contributed by atoms with Crippen LogP contribution in [0.2, 0.25) is 0 Å². The summed E-state index contributed by atoms with van der Waals surface area (Å²) in [5.74, 6) is 1.96. The average Bonchev–Trinajstić information content (AvgIpc) is 3.34. The molecule has 176 valence electrons. The number of hydrogen-bond donors (Lipinski definition) is 1. The van der Waals surface area contributed by atoms with E-state index in [1.807, 2.05) is 60.7 Å². The molecule has 35 heavy (non-hydrogen) atoms.